The molecule has 6 heteroatoms. The first kappa shape index (κ1) is 17.3. The average molecular weight is 320 g/mol. The molecule has 6 nitrogen and oxygen atoms in total. The fraction of sp³-hybridized carbons (Fsp3) is 0.529. The van der Waals surface area contributed by atoms with Crippen LogP contribution in [0.4, 0.5) is 4.79 Å². The van der Waals surface area contributed by atoms with Crippen molar-refractivity contribution in [2.24, 2.45) is 0 Å². The van der Waals surface area contributed by atoms with Crippen LogP contribution < -0.4 is 5.32 Å². The molecule has 126 valence electrons. The average Bonchev–Trinajstić information content (AvgIpc) is 2.58. The molecule has 1 aliphatic heterocycles. The van der Waals surface area contributed by atoms with Crippen LogP contribution in [0.5, 0.6) is 0 Å². The minimum atomic E-state index is -1.03. The molecule has 1 aromatic rings. The number of carboxylic acid groups (broad SMARTS) is 1. The largest absolute Gasteiger partial charge is 0.480 e. The second kappa shape index (κ2) is 9.15. The van der Waals surface area contributed by atoms with E-state index < -0.39 is 18.1 Å². The molecule has 0 saturated carbocycles. The number of hydrogen-bond acceptors (Lipinski definition) is 4. The van der Waals surface area contributed by atoms with E-state index in [1.165, 1.54) is 6.42 Å². The van der Waals surface area contributed by atoms with E-state index in [1.807, 2.05) is 30.3 Å². The quantitative estimate of drug-likeness (QED) is 0.805. The Morgan fingerprint density at radius 3 is 2.52 bits per heavy atom. The lowest BCUT2D eigenvalue weighted by Gasteiger charge is -2.27. The molecule has 1 aliphatic rings. The van der Waals surface area contributed by atoms with Crippen molar-refractivity contribution in [3.63, 3.8) is 0 Å². The van der Waals surface area contributed by atoms with E-state index in [0.29, 0.717) is 13.0 Å². The van der Waals surface area contributed by atoms with Crippen LogP contribution >= 0.6 is 0 Å². The lowest BCUT2D eigenvalue weighted by molar-refractivity contribution is -0.139. The van der Waals surface area contributed by atoms with Gasteiger partial charge < -0.3 is 20.1 Å². The van der Waals surface area contributed by atoms with Crippen molar-refractivity contribution in [1.82, 2.24) is 10.2 Å². The molecule has 0 aliphatic carbocycles. The number of carbonyl (C=O) groups excluding carboxylic acids is 1. The fourth-order valence-electron chi connectivity index (χ4n) is 2.66. The van der Waals surface area contributed by atoms with E-state index in [-0.39, 0.29) is 6.61 Å². The van der Waals surface area contributed by atoms with Crippen molar-refractivity contribution in [2.75, 3.05) is 19.6 Å². The van der Waals surface area contributed by atoms with Gasteiger partial charge in [0.15, 0.2) is 0 Å². The molecule has 1 heterocycles. The van der Waals surface area contributed by atoms with Crippen LogP contribution in [-0.4, -0.2) is 47.7 Å². The van der Waals surface area contributed by atoms with Crippen LogP contribution in [-0.2, 0) is 16.1 Å². The van der Waals surface area contributed by atoms with E-state index in [9.17, 15) is 14.7 Å². The molecule has 1 amide bonds. The Kier molecular flexibility index (Phi) is 6.87. The number of amides is 1. The monoisotopic (exact) mass is 320 g/mol. The predicted molar refractivity (Wildman–Crippen MR) is 86.1 cm³/mol. The summed E-state index contributed by atoms with van der Waals surface area (Å²) in [5.41, 5.74) is 0.864. The molecule has 1 atom stereocenters. The number of ether oxygens (including phenoxy) is 1. The van der Waals surface area contributed by atoms with Gasteiger partial charge in [0.25, 0.3) is 0 Å². The number of piperidine rings is 1. The molecule has 1 aromatic carbocycles. The van der Waals surface area contributed by atoms with E-state index in [4.69, 9.17) is 4.74 Å². The van der Waals surface area contributed by atoms with Crippen molar-refractivity contribution >= 4 is 12.1 Å². The number of aliphatic carboxylic acids is 1. The van der Waals surface area contributed by atoms with Gasteiger partial charge >= 0.3 is 12.1 Å². The third-order valence-electron chi connectivity index (χ3n) is 3.99. The van der Waals surface area contributed by atoms with Gasteiger partial charge in [-0.15, -0.1) is 0 Å². The summed E-state index contributed by atoms with van der Waals surface area (Å²) in [6.45, 7) is 2.82. The Morgan fingerprint density at radius 2 is 1.87 bits per heavy atom. The number of nitrogens with one attached hydrogen (secondary N) is 1. The van der Waals surface area contributed by atoms with Gasteiger partial charge in [-0.25, -0.2) is 9.59 Å². The maximum Gasteiger partial charge on any atom is 0.408 e. The van der Waals surface area contributed by atoms with Crippen molar-refractivity contribution < 1.29 is 19.4 Å². The number of carbonyl (C=O) groups is 2. The Balaban J connectivity index is 1.74. The number of nitrogens with zero attached hydrogens (tertiary/aromatic N) is 1. The first-order chi connectivity index (χ1) is 11.1. The van der Waals surface area contributed by atoms with Gasteiger partial charge in [0.05, 0.1) is 0 Å². The highest BCUT2D eigenvalue weighted by Gasteiger charge is 2.22. The standard InChI is InChI=1S/C17H24N2O4/c20-16(21)15(9-12-19-10-5-2-6-11-19)18-17(22)23-13-14-7-3-1-4-8-14/h1,3-4,7-8,15H,2,5-6,9-13H2,(H,18,22)(H,20,21). The van der Waals surface area contributed by atoms with Crippen molar-refractivity contribution in [3.8, 4) is 0 Å². The number of likely N-dealkylation sites (tertiary alicyclic amines) is 1. The Morgan fingerprint density at radius 1 is 1.17 bits per heavy atom. The molecule has 1 fully saturated rings. The normalized spacial score (nSPS) is 16.5. The summed E-state index contributed by atoms with van der Waals surface area (Å²) in [7, 11) is 0. The maximum atomic E-state index is 11.8. The number of hydrogen-bond donors (Lipinski definition) is 2. The summed E-state index contributed by atoms with van der Waals surface area (Å²) < 4.78 is 5.07. The lowest BCUT2D eigenvalue weighted by Crippen LogP contribution is -2.43. The molecule has 0 spiro atoms. The third kappa shape index (κ3) is 6.28. The van der Waals surface area contributed by atoms with Crippen LogP contribution in [0.25, 0.3) is 0 Å². The molecular formula is C17H24N2O4. The summed E-state index contributed by atoms with van der Waals surface area (Å²) in [4.78, 5) is 25.3. The highest BCUT2D eigenvalue weighted by atomic mass is 16.5. The lowest BCUT2D eigenvalue weighted by atomic mass is 10.1. The summed E-state index contributed by atoms with van der Waals surface area (Å²) in [6.07, 6.45) is 3.24. The van der Waals surface area contributed by atoms with E-state index in [0.717, 1.165) is 31.5 Å². The number of carboxylic acids is 1. The van der Waals surface area contributed by atoms with E-state index in [2.05, 4.69) is 10.2 Å². The summed E-state index contributed by atoms with van der Waals surface area (Å²) >= 11 is 0. The molecule has 2 N–H and O–H groups in total. The Hall–Kier alpha value is -2.08. The van der Waals surface area contributed by atoms with Crippen LogP contribution in [0, 0.1) is 0 Å². The summed E-state index contributed by atoms with van der Waals surface area (Å²) in [5, 5.41) is 11.7. The third-order valence-corrected chi connectivity index (χ3v) is 3.99. The molecular weight excluding hydrogens is 296 g/mol. The van der Waals surface area contributed by atoms with Gasteiger partial charge in [0.2, 0.25) is 0 Å². The van der Waals surface area contributed by atoms with Gasteiger partial charge in [0, 0.05) is 6.54 Å². The number of rotatable bonds is 7. The zero-order chi connectivity index (χ0) is 16.5. The highest BCUT2D eigenvalue weighted by Crippen LogP contribution is 2.10. The van der Waals surface area contributed by atoms with Crippen LogP contribution in [0.2, 0.25) is 0 Å². The molecule has 1 saturated heterocycles. The Bertz CT molecular complexity index is 501. The topological polar surface area (TPSA) is 78.9 Å². The minimum Gasteiger partial charge on any atom is -0.480 e. The molecule has 0 bridgehead atoms. The zero-order valence-electron chi connectivity index (χ0n) is 13.2. The SMILES string of the molecule is O=C(NC(CCN1CCCCC1)C(=O)O)OCc1ccccc1. The predicted octanol–water partition coefficient (Wildman–Crippen LogP) is 2.24. The highest BCUT2D eigenvalue weighted by molar-refractivity contribution is 5.79. The first-order valence-electron chi connectivity index (χ1n) is 8.07. The molecule has 23 heavy (non-hydrogen) atoms. The van der Waals surface area contributed by atoms with Gasteiger partial charge in [0.1, 0.15) is 12.6 Å². The van der Waals surface area contributed by atoms with E-state index in [1.54, 1.807) is 0 Å². The van der Waals surface area contributed by atoms with Crippen molar-refractivity contribution in [2.45, 2.75) is 38.3 Å². The summed E-state index contributed by atoms with van der Waals surface area (Å²) in [5.74, 6) is -1.03. The first-order valence-corrected chi connectivity index (χ1v) is 8.07. The number of benzene rings is 1. The smallest absolute Gasteiger partial charge is 0.408 e. The van der Waals surface area contributed by atoms with Crippen molar-refractivity contribution in [3.05, 3.63) is 35.9 Å². The number of alkyl carbamates (subject to hydrolysis) is 1. The summed E-state index contributed by atoms with van der Waals surface area (Å²) in [6, 6.07) is 8.37. The molecule has 0 aromatic heterocycles. The molecule has 0 radical (unpaired) electrons. The molecule has 1 unspecified atom stereocenters. The van der Waals surface area contributed by atoms with Gasteiger partial charge in [-0.05, 0) is 37.9 Å². The van der Waals surface area contributed by atoms with Crippen LogP contribution in [0.15, 0.2) is 30.3 Å². The van der Waals surface area contributed by atoms with Gasteiger partial charge in [-0.2, -0.15) is 0 Å². The van der Waals surface area contributed by atoms with E-state index >= 15 is 0 Å². The second-order valence-electron chi connectivity index (χ2n) is 5.79. The van der Waals surface area contributed by atoms with Crippen LogP contribution in [0.1, 0.15) is 31.2 Å². The fourth-order valence-corrected chi connectivity index (χ4v) is 2.66. The van der Waals surface area contributed by atoms with Crippen LogP contribution in [0.3, 0.4) is 0 Å². The zero-order valence-corrected chi connectivity index (χ0v) is 13.2. The molecule has 2 rings (SSSR count). The minimum absolute atomic E-state index is 0.130. The Labute approximate surface area is 136 Å². The van der Waals surface area contributed by atoms with Gasteiger partial charge in [-0.3, -0.25) is 0 Å². The van der Waals surface area contributed by atoms with Gasteiger partial charge in [-0.1, -0.05) is 36.8 Å². The van der Waals surface area contributed by atoms with Crippen molar-refractivity contribution in [1.29, 1.82) is 0 Å². The maximum absolute atomic E-state index is 11.8. The second-order valence-corrected chi connectivity index (χ2v) is 5.79.